The predicted molar refractivity (Wildman–Crippen MR) is 73.2 cm³/mol. The van der Waals surface area contributed by atoms with E-state index in [2.05, 4.69) is 10.2 Å². The van der Waals surface area contributed by atoms with Gasteiger partial charge in [-0.1, -0.05) is 6.42 Å². The molecule has 2 fully saturated rings. The lowest BCUT2D eigenvalue weighted by molar-refractivity contribution is -0.124. The molecule has 1 heterocycles. The fourth-order valence-corrected chi connectivity index (χ4v) is 3.10. The van der Waals surface area contributed by atoms with Crippen LogP contribution in [0.25, 0.3) is 0 Å². The summed E-state index contributed by atoms with van der Waals surface area (Å²) < 4.78 is 0. The number of nitrogens with one attached hydrogen (secondary N) is 1. The molecule has 0 aromatic carbocycles. The molecular formula is C14H27N3O. The van der Waals surface area contributed by atoms with Crippen LogP contribution in [0.3, 0.4) is 0 Å². The summed E-state index contributed by atoms with van der Waals surface area (Å²) in [6.45, 7) is 4.43. The predicted octanol–water partition coefficient (Wildman–Crippen LogP) is 1.11. The van der Waals surface area contributed by atoms with Gasteiger partial charge in [-0.3, -0.25) is 4.79 Å². The number of hydrogen-bond acceptors (Lipinski definition) is 3. The summed E-state index contributed by atoms with van der Waals surface area (Å²) >= 11 is 0. The first-order chi connectivity index (χ1) is 8.75. The first-order valence-electron chi connectivity index (χ1n) is 7.51. The van der Waals surface area contributed by atoms with Crippen LogP contribution in [0, 0.1) is 5.92 Å². The van der Waals surface area contributed by atoms with E-state index in [9.17, 15) is 4.79 Å². The lowest BCUT2D eigenvalue weighted by Crippen LogP contribution is -2.35. The molecule has 1 aliphatic heterocycles. The largest absolute Gasteiger partial charge is 0.356 e. The molecule has 0 aromatic heterocycles. The number of amides is 1. The van der Waals surface area contributed by atoms with Gasteiger partial charge in [-0.05, 0) is 58.2 Å². The zero-order valence-electron chi connectivity index (χ0n) is 11.4. The Balaban J connectivity index is 1.53. The van der Waals surface area contributed by atoms with Crippen molar-refractivity contribution in [3.63, 3.8) is 0 Å². The Morgan fingerprint density at radius 3 is 2.67 bits per heavy atom. The molecule has 0 aromatic rings. The molecule has 1 aliphatic carbocycles. The molecule has 2 unspecified atom stereocenters. The summed E-state index contributed by atoms with van der Waals surface area (Å²) in [4.78, 5) is 14.4. The summed E-state index contributed by atoms with van der Waals surface area (Å²) in [6, 6.07) is 0.245. The van der Waals surface area contributed by atoms with Gasteiger partial charge in [0.15, 0.2) is 0 Å². The van der Waals surface area contributed by atoms with Crippen LogP contribution < -0.4 is 11.1 Å². The molecule has 0 radical (unpaired) electrons. The summed E-state index contributed by atoms with van der Waals surface area (Å²) in [5.41, 5.74) is 5.83. The van der Waals surface area contributed by atoms with Crippen LogP contribution in [0.2, 0.25) is 0 Å². The molecule has 0 spiro atoms. The number of carbonyl (C=O) groups excluding carboxylic acids is 1. The highest BCUT2D eigenvalue weighted by Gasteiger charge is 2.27. The molecule has 104 valence electrons. The first kappa shape index (κ1) is 13.8. The smallest absolute Gasteiger partial charge is 0.223 e. The zero-order valence-corrected chi connectivity index (χ0v) is 11.4. The van der Waals surface area contributed by atoms with E-state index in [0.29, 0.717) is 0 Å². The first-order valence-corrected chi connectivity index (χ1v) is 7.51. The van der Waals surface area contributed by atoms with E-state index in [4.69, 9.17) is 5.73 Å². The Labute approximate surface area is 110 Å². The lowest BCUT2D eigenvalue weighted by Gasteiger charge is -2.26. The van der Waals surface area contributed by atoms with Crippen LogP contribution in [-0.4, -0.2) is 43.0 Å². The maximum Gasteiger partial charge on any atom is 0.223 e. The Hall–Kier alpha value is -0.610. The minimum atomic E-state index is 0.176. The summed E-state index contributed by atoms with van der Waals surface area (Å²) in [6.07, 6.45) is 7.99. The second-order valence-corrected chi connectivity index (χ2v) is 5.82. The van der Waals surface area contributed by atoms with Crippen LogP contribution in [0.1, 0.15) is 44.9 Å². The van der Waals surface area contributed by atoms with Crippen molar-refractivity contribution < 1.29 is 4.79 Å². The molecule has 2 aliphatic rings. The third-order valence-corrected chi connectivity index (χ3v) is 4.24. The van der Waals surface area contributed by atoms with Crippen molar-refractivity contribution in [1.82, 2.24) is 10.2 Å². The van der Waals surface area contributed by atoms with Crippen LogP contribution in [0.4, 0.5) is 0 Å². The van der Waals surface area contributed by atoms with Crippen LogP contribution in [-0.2, 0) is 4.79 Å². The molecule has 4 heteroatoms. The van der Waals surface area contributed by atoms with Crippen molar-refractivity contribution in [1.29, 1.82) is 0 Å². The minimum Gasteiger partial charge on any atom is -0.356 e. The quantitative estimate of drug-likeness (QED) is 0.722. The van der Waals surface area contributed by atoms with E-state index in [0.717, 1.165) is 38.8 Å². The second-order valence-electron chi connectivity index (χ2n) is 5.82. The number of likely N-dealkylation sites (tertiary alicyclic amines) is 1. The number of rotatable bonds is 5. The molecule has 2 rings (SSSR count). The molecule has 3 N–H and O–H groups in total. The Kier molecular flexibility index (Phi) is 5.45. The highest BCUT2D eigenvalue weighted by Crippen LogP contribution is 2.23. The van der Waals surface area contributed by atoms with Crippen molar-refractivity contribution in [3.05, 3.63) is 0 Å². The fraction of sp³-hybridized carbons (Fsp3) is 0.929. The zero-order chi connectivity index (χ0) is 12.8. The molecule has 4 nitrogen and oxygen atoms in total. The highest BCUT2D eigenvalue weighted by atomic mass is 16.1. The van der Waals surface area contributed by atoms with Crippen LogP contribution >= 0.6 is 0 Å². The van der Waals surface area contributed by atoms with Gasteiger partial charge in [0.05, 0.1) is 0 Å². The van der Waals surface area contributed by atoms with Crippen LogP contribution in [0.15, 0.2) is 0 Å². The highest BCUT2D eigenvalue weighted by molar-refractivity contribution is 5.78. The van der Waals surface area contributed by atoms with E-state index in [-0.39, 0.29) is 17.9 Å². The van der Waals surface area contributed by atoms with Gasteiger partial charge < -0.3 is 16.0 Å². The third kappa shape index (κ3) is 4.25. The molecule has 1 saturated carbocycles. The third-order valence-electron chi connectivity index (χ3n) is 4.24. The van der Waals surface area contributed by atoms with E-state index in [1.807, 2.05) is 0 Å². The van der Waals surface area contributed by atoms with E-state index < -0.39 is 0 Å². The molecule has 1 saturated heterocycles. The Morgan fingerprint density at radius 1 is 1.22 bits per heavy atom. The number of nitrogens with zero attached hydrogens (tertiary/aromatic N) is 1. The van der Waals surface area contributed by atoms with Gasteiger partial charge in [0.1, 0.15) is 0 Å². The minimum absolute atomic E-state index is 0.176. The van der Waals surface area contributed by atoms with Gasteiger partial charge in [0.2, 0.25) is 5.91 Å². The van der Waals surface area contributed by atoms with Gasteiger partial charge in [0.25, 0.3) is 0 Å². The van der Waals surface area contributed by atoms with Crippen molar-refractivity contribution in [2.45, 2.75) is 51.0 Å². The molecule has 0 bridgehead atoms. The maximum absolute atomic E-state index is 11.9. The molecular weight excluding hydrogens is 226 g/mol. The van der Waals surface area contributed by atoms with E-state index in [1.54, 1.807) is 0 Å². The van der Waals surface area contributed by atoms with Crippen molar-refractivity contribution in [2.24, 2.45) is 11.7 Å². The van der Waals surface area contributed by atoms with Crippen molar-refractivity contribution in [2.75, 3.05) is 26.2 Å². The molecule has 2 atom stereocenters. The Bertz CT molecular complexity index is 264. The molecule has 1 amide bonds. The second kappa shape index (κ2) is 7.10. The van der Waals surface area contributed by atoms with Gasteiger partial charge in [0, 0.05) is 18.5 Å². The fourth-order valence-electron chi connectivity index (χ4n) is 3.10. The number of hydrogen-bond donors (Lipinski definition) is 2. The summed E-state index contributed by atoms with van der Waals surface area (Å²) in [7, 11) is 0. The lowest BCUT2D eigenvalue weighted by atomic mass is 10.1. The summed E-state index contributed by atoms with van der Waals surface area (Å²) in [5.74, 6) is 0.400. The SMILES string of the molecule is NC1CCC(C(=O)NCCCN2CCCCC2)C1. The topological polar surface area (TPSA) is 58.4 Å². The van der Waals surface area contributed by atoms with Gasteiger partial charge in [-0.2, -0.15) is 0 Å². The summed E-state index contributed by atoms with van der Waals surface area (Å²) in [5, 5.41) is 3.06. The van der Waals surface area contributed by atoms with Gasteiger partial charge >= 0.3 is 0 Å². The van der Waals surface area contributed by atoms with E-state index in [1.165, 1.54) is 32.4 Å². The van der Waals surface area contributed by atoms with Gasteiger partial charge in [-0.15, -0.1) is 0 Å². The van der Waals surface area contributed by atoms with Gasteiger partial charge in [-0.25, -0.2) is 0 Å². The van der Waals surface area contributed by atoms with Crippen LogP contribution in [0.5, 0.6) is 0 Å². The van der Waals surface area contributed by atoms with Crippen molar-refractivity contribution >= 4 is 5.91 Å². The standard InChI is InChI=1S/C14H27N3O/c15-13-6-5-12(11-13)14(18)16-7-4-10-17-8-2-1-3-9-17/h12-13H,1-11,15H2,(H,16,18). The van der Waals surface area contributed by atoms with Crippen molar-refractivity contribution in [3.8, 4) is 0 Å². The Morgan fingerprint density at radius 2 is 2.00 bits per heavy atom. The number of carbonyl (C=O) groups is 1. The average Bonchev–Trinajstić information content (AvgIpc) is 2.82. The maximum atomic E-state index is 11.9. The number of nitrogens with two attached hydrogens (primary N) is 1. The average molecular weight is 253 g/mol. The van der Waals surface area contributed by atoms with E-state index >= 15 is 0 Å². The normalized spacial score (nSPS) is 29.4. The number of piperidine rings is 1. The molecule has 18 heavy (non-hydrogen) atoms. The monoisotopic (exact) mass is 253 g/mol.